The summed E-state index contributed by atoms with van der Waals surface area (Å²) in [6, 6.07) is 2.96. The Morgan fingerprint density at radius 2 is 2.07 bits per heavy atom. The van der Waals surface area contributed by atoms with Crippen molar-refractivity contribution in [3.05, 3.63) is 29.6 Å². The Hall–Kier alpha value is -1.10. The normalized spacial score (nSPS) is 14.1. The van der Waals surface area contributed by atoms with Gasteiger partial charge in [-0.2, -0.15) is 13.2 Å². The number of nitrogens with two attached hydrogens (primary N) is 1. The van der Waals surface area contributed by atoms with Crippen LogP contribution in [-0.4, -0.2) is 17.7 Å². The van der Waals surface area contributed by atoms with Crippen LogP contribution in [0.15, 0.2) is 18.3 Å². The monoisotopic (exact) mass is 204 g/mol. The molecule has 0 bridgehead atoms. The van der Waals surface area contributed by atoms with Gasteiger partial charge in [0.1, 0.15) is 0 Å². The first-order chi connectivity index (χ1) is 6.45. The quantitative estimate of drug-likeness (QED) is 0.800. The van der Waals surface area contributed by atoms with E-state index in [2.05, 4.69) is 4.98 Å². The lowest BCUT2D eigenvalue weighted by Crippen LogP contribution is -2.28. The number of halogens is 3. The van der Waals surface area contributed by atoms with Gasteiger partial charge in [0.05, 0.1) is 5.92 Å². The van der Waals surface area contributed by atoms with Crippen LogP contribution < -0.4 is 5.73 Å². The largest absolute Gasteiger partial charge is 0.397 e. The predicted octanol–water partition coefficient (Wildman–Crippen LogP) is 1.99. The summed E-state index contributed by atoms with van der Waals surface area (Å²) >= 11 is 0. The summed E-state index contributed by atoms with van der Waals surface area (Å²) in [7, 11) is 0. The minimum Gasteiger partial charge on any atom is -0.330 e. The molecule has 1 aromatic heterocycles. The molecule has 0 saturated heterocycles. The van der Waals surface area contributed by atoms with Crippen molar-refractivity contribution in [3.8, 4) is 0 Å². The average molecular weight is 204 g/mol. The zero-order chi connectivity index (χ0) is 10.8. The summed E-state index contributed by atoms with van der Waals surface area (Å²) in [5.74, 6) is -1.62. The van der Waals surface area contributed by atoms with Crippen molar-refractivity contribution in [3.63, 3.8) is 0 Å². The molecule has 14 heavy (non-hydrogen) atoms. The lowest BCUT2D eigenvalue weighted by atomic mass is 10.0. The first-order valence-corrected chi connectivity index (χ1v) is 4.14. The third kappa shape index (κ3) is 2.45. The Balaban J connectivity index is 2.96. The fourth-order valence-electron chi connectivity index (χ4n) is 1.14. The van der Waals surface area contributed by atoms with Gasteiger partial charge in [-0.25, -0.2) is 0 Å². The minimum absolute atomic E-state index is 0.116. The molecule has 1 unspecified atom stereocenters. The van der Waals surface area contributed by atoms with Crippen LogP contribution in [0.25, 0.3) is 0 Å². The predicted molar refractivity (Wildman–Crippen MR) is 46.8 cm³/mol. The van der Waals surface area contributed by atoms with Crippen LogP contribution >= 0.6 is 0 Å². The number of alkyl halides is 3. The smallest absolute Gasteiger partial charge is 0.330 e. The molecule has 0 radical (unpaired) electrons. The van der Waals surface area contributed by atoms with Crippen molar-refractivity contribution < 1.29 is 13.2 Å². The van der Waals surface area contributed by atoms with E-state index in [0.717, 1.165) is 0 Å². The standard InChI is InChI=1S/C9H11F3N2/c1-6-2-3-7(5-14-6)8(4-13)9(10,11)12/h2-3,5,8H,4,13H2,1H3. The highest BCUT2D eigenvalue weighted by Gasteiger charge is 2.39. The van der Waals surface area contributed by atoms with Gasteiger partial charge in [0, 0.05) is 18.4 Å². The molecule has 1 aromatic rings. The van der Waals surface area contributed by atoms with Gasteiger partial charge in [-0.15, -0.1) is 0 Å². The number of hydrogen-bond acceptors (Lipinski definition) is 2. The summed E-state index contributed by atoms with van der Waals surface area (Å²) in [6.45, 7) is 1.27. The first kappa shape index (κ1) is 11.0. The maximum Gasteiger partial charge on any atom is 0.397 e. The van der Waals surface area contributed by atoms with E-state index in [0.29, 0.717) is 5.69 Å². The van der Waals surface area contributed by atoms with Crippen molar-refractivity contribution >= 4 is 0 Å². The highest BCUT2D eigenvalue weighted by Crippen LogP contribution is 2.33. The number of aryl methyl sites for hydroxylation is 1. The Labute approximate surface area is 79.9 Å². The third-order valence-electron chi connectivity index (χ3n) is 1.97. The lowest BCUT2D eigenvalue weighted by Gasteiger charge is -2.18. The van der Waals surface area contributed by atoms with Crippen LogP contribution in [0.5, 0.6) is 0 Å². The Morgan fingerprint density at radius 3 is 2.43 bits per heavy atom. The molecular weight excluding hydrogens is 193 g/mol. The van der Waals surface area contributed by atoms with Gasteiger partial charge in [-0.3, -0.25) is 4.98 Å². The van der Waals surface area contributed by atoms with Crippen LogP contribution in [0.2, 0.25) is 0 Å². The van der Waals surface area contributed by atoms with E-state index in [1.54, 1.807) is 13.0 Å². The molecule has 0 aliphatic carbocycles. The molecule has 0 fully saturated rings. The maximum absolute atomic E-state index is 12.4. The van der Waals surface area contributed by atoms with Gasteiger partial charge in [0.15, 0.2) is 0 Å². The van der Waals surface area contributed by atoms with Crippen LogP contribution in [0.4, 0.5) is 13.2 Å². The first-order valence-electron chi connectivity index (χ1n) is 4.14. The van der Waals surface area contributed by atoms with Gasteiger partial charge in [-0.05, 0) is 18.6 Å². The van der Waals surface area contributed by atoms with E-state index in [4.69, 9.17) is 5.73 Å². The van der Waals surface area contributed by atoms with E-state index >= 15 is 0 Å². The van der Waals surface area contributed by atoms with Gasteiger partial charge in [0.25, 0.3) is 0 Å². The number of pyridine rings is 1. The van der Waals surface area contributed by atoms with Crippen molar-refractivity contribution in [2.75, 3.05) is 6.54 Å². The van der Waals surface area contributed by atoms with E-state index in [9.17, 15) is 13.2 Å². The molecule has 0 spiro atoms. The molecule has 0 saturated carbocycles. The summed E-state index contributed by atoms with van der Waals surface area (Å²) in [5, 5.41) is 0. The molecule has 2 nitrogen and oxygen atoms in total. The second-order valence-electron chi connectivity index (χ2n) is 3.06. The summed E-state index contributed by atoms with van der Waals surface area (Å²) in [6.07, 6.45) is -3.08. The number of aromatic nitrogens is 1. The molecule has 5 heteroatoms. The van der Waals surface area contributed by atoms with E-state index in [1.165, 1.54) is 12.3 Å². The van der Waals surface area contributed by atoms with Crippen LogP contribution in [0.3, 0.4) is 0 Å². The maximum atomic E-state index is 12.4. The Kier molecular flexibility index (Phi) is 3.10. The molecule has 0 aromatic carbocycles. The van der Waals surface area contributed by atoms with E-state index in [-0.39, 0.29) is 5.56 Å². The van der Waals surface area contributed by atoms with Crippen molar-refractivity contribution in [2.24, 2.45) is 5.73 Å². The average Bonchev–Trinajstić information content (AvgIpc) is 2.07. The number of hydrogen-bond donors (Lipinski definition) is 1. The SMILES string of the molecule is Cc1ccc(C(CN)C(F)(F)F)cn1. The zero-order valence-corrected chi connectivity index (χ0v) is 7.67. The van der Waals surface area contributed by atoms with Gasteiger partial charge >= 0.3 is 6.18 Å². The molecule has 1 rings (SSSR count). The van der Waals surface area contributed by atoms with Crippen LogP contribution in [-0.2, 0) is 0 Å². The zero-order valence-electron chi connectivity index (χ0n) is 7.67. The number of rotatable bonds is 2. The highest BCUT2D eigenvalue weighted by atomic mass is 19.4. The second-order valence-corrected chi connectivity index (χ2v) is 3.06. The van der Waals surface area contributed by atoms with Crippen molar-refractivity contribution in [1.29, 1.82) is 0 Å². The molecule has 2 N–H and O–H groups in total. The van der Waals surface area contributed by atoms with Crippen LogP contribution in [0, 0.1) is 6.92 Å². The Bertz CT molecular complexity index is 292. The van der Waals surface area contributed by atoms with Gasteiger partial charge in [0.2, 0.25) is 0 Å². The fourth-order valence-corrected chi connectivity index (χ4v) is 1.14. The van der Waals surface area contributed by atoms with Gasteiger partial charge < -0.3 is 5.73 Å². The molecule has 78 valence electrons. The lowest BCUT2D eigenvalue weighted by molar-refractivity contribution is -0.148. The fraction of sp³-hybridized carbons (Fsp3) is 0.444. The minimum atomic E-state index is -4.30. The summed E-state index contributed by atoms with van der Waals surface area (Å²) in [4.78, 5) is 3.81. The second kappa shape index (κ2) is 3.96. The van der Waals surface area contributed by atoms with Gasteiger partial charge in [-0.1, -0.05) is 6.07 Å². The molecular formula is C9H11F3N2. The molecule has 1 atom stereocenters. The van der Waals surface area contributed by atoms with Crippen LogP contribution in [0.1, 0.15) is 17.2 Å². The number of nitrogens with zero attached hydrogens (tertiary/aromatic N) is 1. The van der Waals surface area contributed by atoms with Crippen molar-refractivity contribution in [2.45, 2.75) is 19.0 Å². The van der Waals surface area contributed by atoms with Crippen molar-refractivity contribution in [1.82, 2.24) is 4.98 Å². The Morgan fingerprint density at radius 1 is 1.43 bits per heavy atom. The third-order valence-corrected chi connectivity index (χ3v) is 1.97. The molecule has 0 amide bonds. The topological polar surface area (TPSA) is 38.9 Å². The molecule has 0 aliphatic rings. The summed E-state index contributed by atoms with van der Waals surface area (Å²) in [5.41, 5.74) is 5.88. The van der Waals surface area contributed by atoms with E-state index < -0.39 is 18.6 Å². The molecule has 1 heterocycles. The van der Waals surface area contributed by atoms with E-state index in [1.807, 2.05) is 0 Å². The summed E-state index contributed by atoms with van der Waals surface area (Å²) < 4.78 is 37.2. The molecule has 0 aliphatic heterocycles. The highest BCUT2D eigenvalue weighted by molar-refractivity contribution is 5.19.